The first-order valence-corrected chi connectivity index (χ1v) is 5.63. The van der Waals surface area contributed by atoms with E-state index >= 15 is 0 Å². The summed E-state index contributed by atoms with van der Waals surface area (Å²) in [5.74, 6) is 6.40. The van der Waals surface area contributed by atoms with Crippen molar-refractivity contribution in [2.24, 2.45) is 5.90 Å². The van der Waals surface area contributed by atoms with Gasteiger partial charge in [0.15, 0.2) is 5.76 Å². The lowest BCUT2D eigenvalue weighted by Gasteiger charge is -2.18. The van der Waals surface area contributed by atoms with Crippen LogP contribution in [0, 0.1) is 0 Å². The molecule has 0 saturated heterocycles. The van der Waals surface area contributed by atoms with Crippen LogP contribution in [0.2, 0.25) is 0 Å². The van der Waals surface area contributed by atoms with Crippen molar-refractivity contribution in [2.75, 3.05) is 0 Å². The number of nitrogens with zero attached hydrogens (tertiary/aromatic N) is 1. The number of hydrogen-bond acceptors (Lipinski definition) is 4. The number of nitrogens with two attached hydrogens (primary N) is 1. The molecule has 2 rings (SSSR count). The molecule has 15 heavy (non-hydrogen) atoms. The van der Waals surface area contributed by atoms with Crippen molar-refractivity contribution in [3.05, 3.63) is 17.5 Å². The van der Waals surface area contributed by atoms with Crippen LogP contribution in [-0.2, 0) is 4.84 Å². The summed E-state index contributed by atoms with van der Waals surface area (Å²) in [5.41, 5.74) is 1.06. The minimum absolute atomic E-state index is 0.213. The minimum atomic E-state index is -0.213. The molecule has 1 aromatic rings. The SMILES string of the molecule is C[C@H](ON)c1cc(C2CCCCC2)no1. The molecule has 4 nitrogen and oxygen atoms in total. The van der Waals surface area contributed by atoms with Crippen molar-refractivity contribution in [3.8, 4) is 0 Å². The van der Waals surface area contributed by atoms with Crippen LogP contribution in [0.25, 0.3) is 0 Å². The maximum Gasteiger partial charge on any atom is 0.167 e. The highest BCUT2D eigenvalue weighted by molar-refractivity contribution is 5.12. The van der Waals surface area contributed by atoms with E-state index in [0.29, 0.717) is 5.92 Å². The molecular formula is C11H18N2O2. The second-order valence-corrected chi connectivity index (χ2v) is 4.27. The molecule has 84 valence electrons. The third-order valence-electron chi connectivity index (χ3n) is 3.17. The topological polar surface area (TPSA) is 61.3 Å². The highest BCUT2D eigenvalue weighted by atomic mass is 16.6. The number of aromatic nitrogens is 1. The molecule has 1 aliphatic rings. The van der Waals surface area contributed by atoms with Gasteiger partial charge < -0.3 is 4.52 Å². The van der Waals surface area contributed by atoms with Gasteiger partial charge in [-0.05, 0) is 19.8 Å². The minimum Gasteiger partial charge on any atom is -0.358 e. The molecule has 1 saturated carbocycles. The van der Waals surface area contributed by atoms with Gasteiger partial charge in [0.05, 0.1) is 5.69 Å². The van der Waals surface area contributed by atoms with E-state index in [1.54, 1.807) is 0 Å². The smallest absolute Gasteiger partial charge is 0.167 e. The van der Waals surface area contributed by atoms with E-state index in [4.69, 9.17) is 15.3 Å². The molecule has 1 heterocycles. The molecule has 4 heteroatoms. The Kier molecular flexibility index (Phi) is 3.38. The summed E-state index contributed by atoms with van der Waals surface area (Å²) in [7, 11) is 0. The molecule has 0 radical (unpaired) electrons. The monoisotopic (exact) mass is 210 g/mol. The van der Waals surface area contributed by atoms with Gasteiger partial charge in [0.1, 0.15) is 6.10 Å². The second-order valence-electron chi connectivity index (χ2n) is 4.27. The molecule has 0 bridgehead atoms. The van der Waals surface area contributed by atoms with Crippen molar-refractivity contribution in [1.82, 2.24) is 5.16 Å². The maximum absolute atomic E-state index is 5.22. The molecule has 1 fully saturated rings. The number of rotatable bonds is 3. The van der Waals surface area contributed by atoms with Crippen LogP contribution < -0.4 is 5.90 Å². The van der Waals surface area contributed by atoms with Crippen molar-refractivity contribution in [1.29, 1.82) is 0 Å². The Morgan fingerprint density at radius 3 is 2.87 bits per heavy atom. The fourth-order valence-corrected chi connectivity index (χ4v) is 2.15. The molecule has 0 spiro atoms. The third kappa shape index (κ3) is 2.38. The summed E-state index contributed by atoms with van der Waals surface area (Å²) in [6.45, 7) is 1.85. The van der Waals surface area contributed by atoms with Crippen LogP contribution in [0.4, 0.5) is 0 Å². The average Bonchev–Trinajstić information content (AvgIpc) is 2.78. The van der Waals surface area contributed by atoms with Crippen LogP contribution >= 0.6 is 0 Å². The van der Waals surface area contributed by atoms with E-state index < -0.39 is 0 Å². The van der Waals surface area contributed by atoms with Gasteiger partial charge in [0.25, 0.3) is 0 Å². The fraction of sp³-hybridized carbons (Fsp3) is 0.727. The molecule has 0 aromatic carbocycles. The average molecular weight is 210 g/mol. The van der Waals surface area contributed by atoms with Gasteiger partial charge in [-0.1, -0.05) is 24.4 Å². The van der Waals surface area contributed by atoms with Crippen molar-refractivity contribution < 1.29 is 9.36 Å². The molecule has 0 aliphatic heterocycles. The summed E-state index contributed by atoms with van der Waals surface area (Å²) < 4.78 is 5.22. The lowest BCUT2D eigenvalue weighted by Crippen LogP contribution is -2.05. The van der Waals surface area contributed by atoms with Gasteiger partial charge >= 0.3 is 0 Å². The molecule has 1 atom stereocenters. The molecule has 1 aliphatic carbocycles. The second kappa shape index (κ2) is 4.77. The van der Waals surface area contributed by atoms with Gasteiger partial charge in [-0.3, -0.25) is 4.84 Å². The Morgan fingerprint density at radius 1 is 1.47 bits per heavy atom. The lowest BCUT2D eigenvalue weighted by atomic mass is 9.87. The zero-order valence-corrected chi connectivity index (χ0v) is 9.11. The summed E-state index contributed by atoms with van der Waals surface area (Å²) in [5, 5.41) is 4.10. The first-order valence-electron chi connectivity index (χ1n) is 5.63. The zero-order valence-electron chi connectivity index (χ0n) is 9.11. The maximum atomic E-state index is 5.22. The van der Waals surface area contributed by atoms with E-state index in [-0.39, 0.29) is 6.10 Å². The summed E-state index contributed by atoms with van der Waals surface area (Å²) in [6.07, 6.45) is 6.19. The standard InChI is InChI=1S/C11H18N2O2/c1-8(14-12)11-7-10(13-15-11)9-5-3-2-4-6-9/h7-9H,2-6,12H2,1H3/t8-/m0/s1. The first kappa shape index (κ1) is 10.6. The summed E-state index contributed by atoms with van der Waals surface area (Å²) in [6, 6.07) is 1.98. The first-order chi connectivity index (χ1) is 7.31. The Hall–Kier alpha value is -0.870. The summed E-state index contributed by atoms with van der Waals surface area (Å²) in [4.78, 5) is 4.70. The fourth-order valence-electron chi connectivity index (χ4n) is 2.15. The van der Waals surface area contributed by atoms with E-state index in [1.807, 2.05) is 13.0 Å². The van der Waals surface area contributed by atoms with Crippen LogP contribution in [0.5, 0.6) is 0 Å². The summed E-state index contributed by atoms with van der Waals surface area (Å²) >= 11 is 0. The van der Waals surface area contributed by atoms with Gasteiger partial charge in [-0.15, -0.1) is 0 Å². The van der Waals surface area contributed by atoms with Crippen molar-refractivity contribution in [3.63, 3.8) is 0 Å². The van der Waals surface area contributed by atoms with Crippen LogP contribution in [-0.4, -0.2) is 5.16 Å². The predicted octanol–water partition coefficient (Wildman–Crippen LogP) is 2.67. The van der Waals surface area contributed by atoms with E-state index in [9.17, 15) is 0 Å². The number of hydrogen-bond donors (Lipinski definition) is 1. The molecular weight excluding hydrogens is 192 g/mol. The van der Waals surface area contributed by atoms with Gasteiger partial charge in [0.2, 0.25) is 0 Å². The lowest BCUT2D eigenvalue weighted by molar-refractivity contribution is 0.0464. The largest absolute Gasteiger partial charge is 0.358 e. The van der Waals surface area contributed by atoms with Gasteiger partial charge in [0, 0.05) is 12.0 Å². The quantitative estimate of drug-likeness (QED) is 0.779. The van der Waals surface area contributed by atoms with Gasteiger partial charge in [-0.2, -0.15) is 0 Å². The molecule has 1 aromatic heterocycles. The van der Waals surface area contributed by atoms with E-state index in [0.717, 1.165) is 11.5 Å². The normalized spacial score (nSPS) is 20.4. The molecule has 2 N–H and O–H groups in total. The van der Waals surface area contributed by atoms with Gasteiger partial charge in [-0.25, -0.2) is 5.90 Å². The van der Waals surface area contributed by atoms with E-state index in [2.05, 4.69) is 5.16 Å². The molecule has 0 unspecified atom stereocenters. The Morgan fingerprint density at radius 2 is 2.20 bits per heavy atom. The third-order valence-corrected chi connectivity index (χ3v) is 3.17. The Balaban J connectivity index is 2.05. The Labute approximate surface area is 89.7 Å². The van der Waals surface area contributed by atoms with Crippen molar-refractivity contribution in [2.45, 2.75) is 51.0 Å². The van der Waals surface area contributed by atoms with Crippen LogP contribution in [0.15, 0.2) is 10.6 Å². The zero-order chi connectivity index (χ0) is 10.7. The van der Waals surface area contributed by atoms with Crippen LogP contribution in [0.1, 0.15) is 62.5 Å². The highest BCUT2D eigenvalue weighted by Gasteiger charge is 2.20. The Bertz CT molecular complexity index is 305. The molecule has 0 amide bonds. The van der Waals surface area contributed by atoms with Crippen LogP contribution in [0.3, 0.4) is 0 Å². The van der Waals surface area contributed by atoms with Crippen molar-refractivity contribution >= 4 is 0 Å². The van der Waals surface area contributed by atoms with E-state index in [1.165, 1.54) is 32.1 Å². The predicted molar refractivity (Wildman–Crippen MR) is 56.0 cm³/mol. The highest BCUT2D eigenvalue weighted by Crippen LogP contribution is 2.33.